The summed E-state index contributed by atoms with van der Waals surface area (Å²) in [6.45, 7) is 5.58. The molecule has 0 aromatic heterocycles. The smallest absolute Gasteiger partial charge is 0.253 e. The topological polar surface area (TPSA) is 101 Å². The van der Waals surface area contributed by atoms with Crippen molar-refractivity contribution in [3.05, 3.63) is 29.8 Å². The van der Waals surface area contributed by atoms with Crippen molar-refractivity contribution in [3.8, 4) is 0 Å². The molecule has 7 nitrogen and oxygen atoms in total. The van der Waals surface area contributed by atoms with E-state index < -0.39 is 15.9 Å². The van der Waals surface area contributed by atoms with E-state index >= 15 is 0 Å². The molecule has 0 radical (unpaired) electrons. The van der Waals surface area contributed by atoms with Gasteiger partial charge in [0.1, 0.15) is 0 Å². The van der Waals surface area contributed by atoms with Crippen molar-refractivity contribution < 1.29 is 18.0 Å². The third-order valence-corrected chi connectivity index (χ3v) is 5.54. The minimum Gasteiger partial charge on any atom is -0.338 e. The average Bonchev–Trinajstić information content (AvgIpc) is 2.59. The van der Waals surface area contributed by atoms with E-state index in [1.807, 2.05) is 13.8 Å². The lowest BCUT2D eigenvalue weighted by Gasteiger charge is -2.36. The summed E-state index contributed by atoms with van der Waals surface area (Å²) in [6, 6.07) is 5.38. The van der Waals surface area contributed by atoms with Crippen molar-refractivity contribution in [1.29, 1.82) is 0 Å². The summed E-state index contributed by atoms with van der Waals surface area (Å²) >= 11 is 0. The molecule has 0 bridgehead atoms. The SMILES string of the molecule is CC(C)[C@H](N)C(=O)N1CCN(C(=O)c2ccc(S(C)(=O)=O)cc2)CC1. The Morgan fingerprint density at radius 2 is 1.48 bits per heavy atom. The van der Waals surface area contributed by atoms with Gasteiger partial charge >= 0.3 is 0 Å². The van der Waals surface area contributed by atoms with E-state index in [4.69, 9.17) is 5.73 Å². The van der Waals surface area contributed by atoms with Crippen LogP contribution in [0.1, 0.15) is 24.2 Å². The van der Waals surface area contributed by atoms with Crippen molar-refractivity contribution in [2.75, 3.05) is 32.4 Å². The first kappa shape index (κ1) is 19.4. The number of benzene rings is 1. The van der Waals surface area contributed by atoms with Crippen LogP contribution < -0.4 is 5.73 Å². The van der Waals surface area contributed by atoms with Gasteiger partial charge in [0.05, 0.1) is 10.9 Å². The van der Waals surface area contributed by atoms with Gasteiger partial charge in [-0.25, -0.2) is 8.42 Å². The summed E-state index contributed by atoms with van der Waals surface area (Å²) in [6.07, 6.45) is 1.13. The molecule has 8 heteroatoms. The minimum atomic E-state index is -3.28. The van der Waals surface area contributed by atoms with Crippen LogP contribution in [0.5, 0.6) is 0 Å². The largest absolute Gasteiger partial charge is 0.338 e. The number of amides is 2. The number of hydrogen-bond acceptors (Lipinski definition) is 5. The highest BCUT2D eigenvalue weighted by Crippen LogP contribution is 2.14. The molecule has 1 atom stereocenters. The molecule has 1 saturated heterocycles. The highest BCUT2D eigenvalue weighted by atomic mass is 32.2. The lowest BCUT2D eigenvalue weighted by molar-refractivity contribution is -0.135. The molecule has 1 aromatic rings. The third-order valence-electron chi connectivity index (χ3n) is 4.41. The molecule has 0 saturated carbocycles. The van der Waals surface area contributed by atoms with Gasteiger partial charge in [0, 0.05) is 38.0 Å². The molecule has 0 spiro atoms. The summed E-state index contributed by atoms with van der Waals surface area (Å²) in [7, 11) is -3.28. The van der Waals surface area contributed by atoms with Crippen LogP contribution in [0.15, 0.2) is 29.2 Å². The molecule has 1 aliphatic rings. The molecule has 138 valence electrons. The third kappa shape index (κ3) is 4.58. The maximum Gasteiger partial charge on any atom is 0.253 e. The van der Waals surface area contributed by atoms with Gasteiger partial charge in [-0.3, -0.25) is 9.59 Å². The van der Waals surface area contributed by atoms with Crippen LogP contribution in [0.3, 0.4) is 0 Å². The Morgan fingerprint density at radius 1 is 1.00 bits per heavy atom. The number of nitrogens with zero attached hydrogens (tertiary/aromatic N) is 2. The first-order chi connectivity index (χ1) is 11.6. The van der Waals surface area contributed by atoms with Crippen molar-refractivity contribution in [3.63, 3.8) is 0 Å². The van der Waals surface area contributed by atoms with Crippen molar-refractivity contribution in [2.24, 2.45) is 11.7 Å². The Morgan fingerprint density at radius 3 is 1.92 bits per heavy atom. The van der Waals surface area contributed by atoms with E-state index in [9.17, 15) is 18.0 Å². The molecule has 2 rings (SSSR count). The van der Waals surface area contributed by atoms with Crippen molar-refractivity contribution in [2.45, 2.75) is 24.8 Å². The van der Waals surface area contributed by atoms with Gasteiger partial charge in [-0.2, -0.15) is 0 Å². The van der Waals surface area contributed by atoms with Gasteiger partial charge in [0.15, 0.2) is 9.84 Å². The standard InChI is InChI=1S/C17H25N3O4S/c1-12(2)15(18)17(22)20-10-8-19(9-11-20)16(21)13-4-6-14(7-5-13)25(3,23)24/h4-7,12,15H,8-11,18H2,1-3H3/t15-/m0/s1. The molecule has 25 heavy (non-hydrogen) atoms. The Balaban J connectivity index is 1.98. The van der Waals surface area contributed by atoms with E-state index in [0.29, 0.717) is 31.7 Å². The highest BCUT2D eigenvalue weighted by Gasteiger charge is 2.28. The second-order valence-corrected chi connectivity index (χ2v) is 8.70. The van der Waals surface area contributed by atoms with Crippen LogP contribution in [0.25, 0.3) is 0 Å². The van der Waals surface area contributed by atoms with Crippen LogP contribution in [0.2, 0.25) is 0 Å². The number of nitrogens with two attached hydrogens (primary N) is 1. The molecule has 1 fully saturated rings. The summed E-state index contributed by atoms with van der Waals surface area (Å²) in [5, 5.41) is 0. The summed E-state index contributed by atoms with van der Waals surface area (Å²) in [5.74, 6) is -0.180. The van der Waals surface area contributed by atoms with E-state index in [1.165, 1.54) is 24.3 Å². The number of piperazine rings is 1. The second-order valence-electron chi connectivity index (χ2n) is 6.68. The fourth-order valence-corrected chi connectivity index (χ4v) is 3.28. The first-order valence-electron chi connectivity index (χ1n) is 8.25. The molecule has 0 unspecified atom stereocenters. The minimum absolute atomic E-state index is 0.0699. The Bertz CT molecular complexity index is 736. The molecule has 0 aliphatic carbocycles. The highest BCUT2D eigenvalue weighted by molar-refractivity contribution is 7.90. The van der Waals surface area contributed by atoms with Gasteiger partial charge in [-0.15, -0.1) is 0 Å². The number of rotatable bonds is 4. The number of hydrogen-bond donors (Lipinski definition) is 1. The quantitative estimate of drug-likeness (QED) is 0.828. The molecule has 2 amide bonds. The molecule has 1 heterocycles. The molecular weight excluding hydrogens is 342 g/mol. The second kappa shape index (κ2) is 7.53. The first-order valence-corrected chi connectivity index (χ1v) is 10.1. The maximum absolute atomic E-state index is 12.5. The van der Waals surface area contributed by atoms with Crippen LogP contribution in [0, 0.1) is 5.92 Å². The van der Waals surface area contributed by atoms with E-state index in [0.717, 1.165) is 6.26 Å². The van der Waals surface area contributed by atoms with Crippen molar-refractivity contribution >= 4 is 21.7 Å². The van der Waals surface area contributed by atoms with Gasteiger partial charge in [-0.05, 0) is 30.2 Å². The Labute approximate surface area is 148 Å². The Kier molecular flexibility index (Phi) is 5.84. The zero-order valence-corrected chi connectivity index (χ0v) is 15.6. The predicted molar refractivity (Wildman–Crippen MR) is 94.8 cm³/mol. The fourth-order valence-electron chi connectivity index (χ4n) is 2.65. The van der Waals surface area contributed by atoms with Gasteiger partial charge < -0.3 is 15.5 Å². The molecule has 1 aliphatic heterocycles. The van der Waals surface area contributed by atoms with E-state index in [2.05, 4.69) is 0 Å². The number of carbonyl (C=O) groups excluding carboxylic acids is 2. The fraction of sp³-hybridized carbons (Fsp3) is 0.529. The van der Waals surface area contributed by atoms with Crippen LogP contribution in [0.4, 0.5) is 0 Å². The molecule has 1 aromatic carbocycles. The van der Waals surface area contributed by atoms with Crippen LogP contribution in [-0.2, 0) is 14.6 Å². The number of sulfone groups is 1. The summed E-state index contributed by atoms with van der Waals surface area (Å²) < 4.78 is 23.0. The maximum atomic E-state index is 12.5. The lowest BCUT2D eigenvalue weighted by atomic mass is 10.0. The predicted octanol–water partition coefficient (Wildman–Crippen LogP) is 0.358. The normalized spacial score (nSPS) is 16.8. The van der Waals surface area contributed by atoms with Gasteiger partial charge in [0.2, 0.25) is 5.91 Å². The zero-order valence-electron chi connectivity index (χ0n) is 14.8. The number of carbonyl (C=O) groups is 2. The molecular formula is C17H25N3O4S. The Hall–Kier alpha value is -1.93. The van der Waals surface area contributed by atoms with E-state index in [-0.39, 0.29) is 22.6 Å². The van der Waals surface area contributed by atoms with Gasteiger partial charge in [0.25, 0.3) is 5.91 Å². The monoisotopic (exact) mass is 367 g/mol. The van der Waals surface area contributed by atoms with E-state index in [1.54, 1.807) is 9.80 Å². The average molecular weight is 367 g/mol. The summed E-state index contributed by atoms with van der Waals surface area (Å²) in [5.41, 5.74) is 6.34. The van der Waals surface area contributed by atoms with Gasteiger partial charge in [-0.1, -0.05) is 13.8 Å². The van der Waals surface area contributed by atoms with Crippen molar-refractivity contribution in [1.82, 2.24) is 9.80 Å². The van der Waals surface area contributed by atoms with Crippen LogP contribution in [-0.4, -0.2) is 68.5 Å². The molecule has 2 N–H and O–H groups in total. The zero-order chi connectivity index (χ0) is 18.8. The van der Waals surface area contributed by atoms with Crippen LogP contribution >= 0.6 is 0 Å². The summed E-state index contributed by atoms with van der Waals surface area (Å²) in [4.78, 5) is 28.3. The lowest BCUT2D eigenvalue weighted by Crippen LogP contribution is -2.55.